The highest BCUT2D eigenvalue weighted by molar-refractivity contribution is 9.08. The minimum absolute atomic E-state index is 0.172. The molecule has 3 nitrogen and oxygen atoms in total. The van der Waals surface area contributed by atoms with Crippen molar-refractivity contribution in [2.45, 2.75) is 11.8 Å². The van der Waals surface area contributed by atoms with Crippen molar-refractivity contribution in [2.75, 3.05) is 7.11 Å². The highest BCUT2D eigenvalue weighted by Gasteiger charge is 2.17. The molecule has 0 aromatic carbocycles. The Morgan fingerprint density at radius 3 is 2.71 bits per heavy atom. The standard InChI is InChI=1S/C8H8BrF2NO2/c1-14-8-4(2-9)6(13)5(3-12-8)7(10)11/h3,7H,2H2,1H3,(H,12,13). The third kappa shape index (κ3) is 1.95. The molecule has 0 atom stereocenters. The zero-order valence-corrected chi connectivity index (χ0v) is 8.90. The van der Waals surface area contributed by atoms with Gasteiger partial charge in [-0.3, -0.25) is 4.79 Å². The van der Waals surface area contributed by atoms with Crippen molar-refractivity contribution in [2.24, 2.45) is 0 Å². The molecule has 1 heterocycles. The lowest BCUT2D eigenvalue weighted by atomic mass is 10.2. The van der Waals surface area contributed by atoms with Gasteiger partial charge in [0.15, 0.2) is 11.3 Å². The van der Waals surface area contributed by atoms with Crippen LogP contribution in [0.2, 0.25) is 0 Å². The van der Waals surface area contributed by atoms with Crippen molar-refractivity contribution in [3.8, 4) is 5.88 Å². The number of halogens is 3. The summed E-state index contributed by atoms with van der Waals surface area (Å²) in [5, 5.41) is 0.173. The molecule has 0 bridgehead atoms. The molecule has 0 spiro atoms. The Morgan fingerprint density at radius 2 is 2.29 bits per heavy atom. The largest absolute Gasteiger partial charge is 0.482 e. The lowest BCUT2D eigenvalue weighted by Gasteiger charge is -2.06. The van der Waals surface area contributed by atoms with Gasteiger partial charge in [0.05, 0.1) is 18.2 Å². The SMILES string of the molecule is COc1[nH]cc(C(F)F)c(=O)c1CBr. The predicted molar refractivity (Wildman–Crippen MR) is 51.2 cm³/mol. The average Bonchev–Trinajstić information content (AvgIpc) is 2.16. The van der Waals surface area contributed by atoms with E-state index in [0.717, 1.165) is 6.20 Å². The second-order valence-electron chi connectivity index (χ2n) is 2.52. The summed E-state index contributed by atoms with van der Waals surface area (Å²) >= 11 is 3.04. The first kappa shape index (κ1) is 11.2. The van der Waals surface area contributed by atoms with E-state index in [0.29, 0.717) is 0 Å². The molecule has 14 heavy (non-hydrogen) atoms. The van der Waals surface area contributed by atoms with Crippen LogP contribution in [-0.2, 0) is 5.33 Å². The topological polar surface area (TPSA) is 42.1 Å². The molecule has 0 unspecified atom stereocenters. The van der Waals surface area contributed by atoms with Gasteiger partial charge in [0.2, 0.25) is 0 Å². The van der Waals surface area contributed by atoms with Crippen molar-refractivity contribution < 1.29 is 13.5 Å². The third-order valence-corrected chi connectivity index (χ3v) is 2.30. The Morgan fingerprint density at radius 1 is 1.64 bits per heavy atom. The van der Waals surface area contributed by atoms with E-state index in [1.165, 1.54) is 7.11 Å². The van der Waals surface area contributed by atoms with Gasteiger partial charge in [-0.2, -0.15) is 0 Å². The third-order valence-electron chi connectivity index (χ3n) is 1.74. The fraction of sp³-hybridized carbons (Fsp3) is 0.375. The highest BCUT2D eigenvalue weighted by atomic mass is 79.9. The molecule has 78 valence electrons. The summed E-state index contributed by atoms with van der Waals surface area (Å²) in [4.78, 5) is 13.9. The van der Waals surface area contributed by atoms with Gasteiger partial charge >= 0.3 is 0 Å². The molecule has 0 saturated heterocycles. The fourth-order valence-electron chi connectivity index (χ4n) is 1.04. The van der Waals surface area contributed by atoms with Crippen molar-refractivity contribution in [3.63, 3.8) is 0 Å². The zero-order chi connectivity index (χ0) is 10.7. The minimum atomic E-state index is -2.78. The van der Waals surface area contributed by atoms with Crippen molar-refractivity contribution in [1.29, 1.82) is 0 Å². The maximum absolute atomic E-state index is 12.3. The van der Waals surface area contributed by atoms with Gasteiger partial charge in [-0.25, -0.2) is 8.78 Å². The smallest absolute Gasteiger partial charge is 0.269 e. The van der Waals surface area contributed by atoms with Gasteiger partial charge in [-0.1, -0.05) is 15.9 Å². The van der Waals surface area contributed by atoms with Crippen molar-refractivity contribution in [3.05, 3.63) is 27.5 Å². The number of ether oxygens (including phenoxy) is 1. The zero-order valence-electron chi connectivity index (χ0n) is 7.31. The molecule has 0 aliphatic rings. The molecule has 1 aromatic heterocycles. The number of aromatic amines is 1. The van der Waals surface area contributed by atoms with Gasteiger partial charge < -0.3 is 9.72 Å². The van der Waals surface area contributed by atoms with E-state index >= 15 is 0 Å². The van der Waals surface area contributed by atoms with Crippen LogP contribution in [0.1, 0.15) is 17.6 Å². The van der Waals surface area contributed by atoms with E-state index in [2.05, 4.69) is 20.9 Å². The molecule has 0 aliphatic carbocycles. The molecule has 6 heteroatoms. The molecule has 1 aromatic rings. The quantitative estimate of drug-likeness (QED) is 0.854. The lowest BCUT2D eigenvalue weighted by molar-refractivity contribution is 0.149. The molecule has 0 aliphatic heterocycles. The first-order chi connectivity index (χ1) is 6.61. The van der Waals surface area contributed by atoms with Crippen LogP contribution in [-0.4, -0.2) is 12.1 Å². The highest BCUT2D eigenvalue weighted by Crippen LogP contribution is 2.19. The Hall–Kier alpha value is -0.910. The number of rotatable bonds is 3. The number of methoxy groups -OCH3 is 1. The summed E-state index contributed by atoms with van der Waals surface area (Å²) in [7, 11) is 1.36. The molecule has 1 rings (SSSR count). The maximum Gasteiger partial charge on any atom is 0.269 e. The Bertz CT molecular complexity index is 378. The van der Waals surface area contributed by atoms with Crippen molar-refractivity contribution in [1.82, 2.24) is 4.98 Å². The average molecular weight is 268 g/mol. The number of hydrogen-bond donors (Lipinski definition) is 1. The number of alkyl halides is 3. The van der Waals surface area contributed by atoms with Crippen molar-refractivity contribution >= 4 is 15.9 Å². The van der Waals surface area contributed by atoms with Gasteiger partial charge in [-0.05, 0) is 0 Å². The van der Waals surface area contributed by atoms with E-state index in [1.807, 2.05) is 0 Å². The molecule has 1 N–H and O–H groups in total. The van der Waals surface area contributed by atoms with E-state index in [4.69, 9.17) is 4.74 Å². The number of hydrogen-bond acceptors (Lipinski definition) is 2. The minimum Gasteiger partial charge on any atom is -0.482 e. The van der Waals surface area contributed by atoms with Gasteiger partial charge in [0.1, 0.15) is 0 Å². The van der Waals surface area contributed by atoms with Crippen LogP contribution in [0.15, 0.2) is 11.0 Å². The van der Waals surface area contributed by atoms with E-state index in [9.17, 15) is 13.6 Å². The number of aromatic nitrogens is 1. The molecule has 0 amide bonds. The van der Waals surface area contributed by atoms with Crippen LogP contribution in [0.5, 0.6) is 5.88 Å². The Kier molecular flexibility index (Phi) is 3.62. The van der Waals surface area contributed by atoms with Crippen LogP contribution in [0.25, 0.3) is 0 Å². The first-order valence-corrected chi connectivity index (χ1v) is 4.86. The van der Waals surface area contributed by atoms with E-state index in [1.54, 1.807) is 0 Å². The number of H-pyrrole nitrogens is 1. The van der Waals surface area contributed by atoms with Gasteiger partial charge in [-0.15, -0.1) is 0 Å². The summed E-state index contributed by atoms with van der Waals surface area (Å²) in [5.74, 6) is 0.205. The van der Waals surface area contributed by atoms with E-state index in [-0.39, 0.29) is 16.8 Å². The fourth-order valence-corrected chi connectivity index (χ4v) is 1.55. The normalized spacial score (nSPS) is 10.6. The van der Waals surface area contributed by atoms with Crippen LogP contribution in [0.3, 0.4) is 0 Å². The van der Waals surface area contributed by atoms with Crippen LogP contribution in [0.4, 0.5) is 8.78 Å². The van der Waals surface area contributed by atoms with Gasteiger partial charge in [0.25, 0.3) is 6.43 Å². The molecule has 0 saturated carbocycles. The van der Waals surface area contributed by atoms with Gasteiger partial charge in [0, 0.05) is 11.5 Å². The molecule has 0 radical (unpaired) electrons. The van der Waals surface area contributed by atoms with E-state index < -0.39 is 17.4 Å². The van der Waals surface area contributed by atoms with Crippen LogP contribution >= 0.6 is 15.9 Å². The summed E-state index contributed by atoms with van der Waals surface area (Å²) < 4.78 is 29.4. The molecular weight excluding hydrogens is 260 g/mol. The number of pyridine rings is 1. The predicted octanol–water partition coefficient (Wildman–Crippen LogP) is 2.22. The monoisotopic (exact) mass is 267 g/mol. The number of nitrogens with one attached hydrogen (secondary N) is 1. The second kappa shape index (κ2) is 4.54. The summed E-state index contributed by atoms with van der Waals surface area (Å²) in [6, 6.07) is 0. The first-order valence-electron chi connectivity index (χ1n) is 3.74. The lowest BCUT2D eigenvalue weighted by Crippen LogP contribution is -2.16. The Balaban J connectivity index is 3.35. The summed E-state index contributed by atoms with van der Waals surface area (Å²) in [5.41, 5.74) is -1.06. The molecular formula is C8H8BrF2NO2. The summed E-state index contributed by atoms with van der Waals surface area (Å²) in [6.45, 7) is 0. The molecule has 0 fully saturated rings. The van der Waals surface area contributed by atoms with Crippen LogP contribution < -0.4 is 10.2 Å². The summed E-state index contributed by atoms with van der Waals surface area (Å²) in [6.07, 6.45) is -1.81. The second-order valence-corrected chi connectivity index (χ2v) is 3.08. The maximum atomic E-state index is 12.3. The Labute approximate surface area is 87.2 Å². The van der Waals surface area contributed by atoms with Crippen LogP contribution in [0, 0.1) is 0 Å².